The number of morpholine rings is 1. The van der Waals surface area contributed by atoms with Crippen LogP contribution in [0.25, 0.3) is 0 Å². The standard InChI is InChI=1S/C12H15F2NO3S/c1-8-6-15(7-9(2)18-8)19(16,17)12-4-3-10(13)5-11(12)14/h3-5,8-9H,6-7H2,1-2H3/t8-,9-/m0/s1. The Kier molecular flexibility index (Phi) is 3.89. The zero-order chi connectivity index (χ0) is 14.2. The molecular formula is C12H15F2NO3S. The average Bonchev–Trinajstić information content (AvgIpc) is 2.26. The molecule has 1 heterocycles. The van der Waals surface area contributed by atoms with Crippen LogP contribution < -0.4 is 0 Å². The third-order valence-corrected chi connectivity index (χ3v) is 4.76. The Morgan fingerprint density at radius 1 is 1.21 bits per heavy atom. The second-order valence-corrected chi connectivity index (χ2v) is 6.56. The number of hydrogen-bond donors (Lipinski definition) is 0. The number of benzene rings is 1. The molecule has 19 heavy (non-hydrogen) atoms. The van der Waals surface area contributed by atoms with Crippen molar-refractivity contribution in [1.82, 2.24) is 4.31 Å². The van der Waals surface area contributed by atoms with Gasteiger partial charge < -0.3 is 4.74 Å². The zero-order valence-corrected chi connectivity index (χ0v) is 11.5. The van der Waals surface area contributed by atoms with Crippen LogP contribution in [-0.4, -0.2) is 38.0 Å². The van der Waals surface area contributed by atoms with Crippen molar-refractivity contribution >= 4 is 10.0 Å². The Hall–Kier alpha value is -1.05. The molecule has 0 aliphatic carbocycles. The van der Waals surface area contributed by atoms with Crippen molar-refractivity contribution in [2.75, 3.05) is 13.1 Å². The fraction of sp³-hybridized carbons (Fsp3) is 0.500. The predicted molar refractivity (Wildman–Crippen MR) is 65.1 cm³/mol. The Labute approximate surface area is 111 Å². The summed E-state index contributed by atoms with van der Waals surface area (Å²) in [6, 6.07) is 2.45. The number of nitrogens with zero attached hydrogens (tertiary/aromatic N) is 1. The number of rotatable bonds is 2. The third kappa shape index (κ3) is 2.93. The van der Waals surface area contributed by atoms with Crippen LogP contribution in [0.3, 0.4) is 0 Å². The van der Waals surface area contributed by atoms with Crippen LogP contribution in [0.1, 0.15) is 13.8 Å². The molecule has 1 fully saturated rings. The molecule has 1 aromatic rings. The number of hydrogen-bond acceptors (Lipinski definition) is 3. The van der Waals surface area contributed by atoms with E-state index in [-0.39, 0.29) is 25.3 Å². The first-order valence-electron chi connectivity index (χ1n) is 5.91. The van der Waals surface area contributed by atoms with Crippen molar-refractivity contribution in [2.45, 2.75) is 31.0 Å². The van der Waals surface area contributed by atoms with Gasteiger partial charge in [-0.05, 0) is 26.0 Å². The summed E-state index contributed by atoms with van der Waals surface area (Å²) in [7, 11) is -3.96. The normalized spacial score (nSPS) is 25.5. The quantitative estimate of drug-likeness (QED) is 0.834. The summed E-state index contributed by atoms with van der Waals surface area (Å²) in [5.41, 5.74) is 0. The molecule has 0 spiro atoms. The highest BCUT2D eigenvalue weighted by Gasteiger charge is 2.33. The lowest BCUT2D eigenvalue weighted by Gasteiger charge is -2.34. The minimum absolute atomic E-state index is 0.156. The average molecular weight is 291 g/mol. The van der Waals surface area contributed by atoms with Crippen molar-refractivity contribution in [3.63, 3.8) is 0 Å². The zero-order valence-electron chi connectivity index (χ0n) is 10.6. The number of ether oxygens (including phenoxy) is 1. The van der Waals surface area contributed by atoms with Gasteiger partial charge in [-0.15, -0.1) is 0 Å². The Morgan fingerprint density at radius 2 is 1.79 bits per heavy atom. The van der Waals surface area contributed by atoms with E-state index in [1.807, 2.05) is 0 Å². The van der Waals surface area contributed by atoms with Crippen molar-refractivity contribution < 1.29 is 21.9 Å². The Balaban J connectivity index is 2.36. The van der Waals surface area contributed by atoms with Gasteiger partial charge in [-0.25, -0.2) is 17.2 Å². The first-order chi connectivity index (χ1) is 8.80. The lowest BCUT2D eigenvalue weighted by Crippen LogP contribution is -2.48. The second kappa shape index (κ2) is 5.15. The minimum Gasteiger partial charge on any atom is -0.373 e. The second-order valence-electron chi connectivity index (χ2n) is 4.65. The summed E-state index contributed by atoms with van der Waals surface area (Å²) in [6.45, 7) is 3.81. The summed E-state index contributed by atoms with van der Waals surface area (Å²) in [5, 5.41) is 0. The molecule has 1 aliphatic rings. The molecule has 0 unspecified atom stereocenters. The highest BCUT2D eigenvalue weighted by atomic mass is 32.2. The van der Waals surface area contributed by atoms with E-state index in [0.29, 0.717) is 6.07 Å². The van der Waals surface area contributed by atoms with Crippen LogP contribution in [0, 0.1) is 11.6 Å². The van der Waals surface area contributed by atoms with Crippen LogP contribution in [0.5, 0.6) is 0 Å². The van der Waals surface area contributed by atoms with Gasteiger partial charge in [-0.2, -0.15) is 4.31 Å². The Morgan fingerprint density at radius 3 is 2.32 bits per heavy atom. The monoisotopic (exact) mass is 291 g/mol. The molecule has 2 rings (SSSR count). The first kappa shape index (κ1) is 14.4. The molecule has 106 valence electrons. The van der Waals surface area contributed by atoms with Gasteiger partial charge in [0.15, 0.2) is 0 Å². The number of halogens is 2. The maximum absolute atomic E-state index is 13.6. The topological polar surface area (TPSA) is 46.6 Å². The molecule has 1 aromatic carbocycles. The summed E-state index contributed by atoms with van der Waals surface area (Å²) in [4.78, 5) is -0.504. The SMILES string of the molecule is C[C@H]1CN(S(=O)(=O)c2ccc(F)cc2F)C[C@H](C)O1. The lowest BCUT2D eigenvalue weighted by molar-refractivity contribution is -0.0441. The largest absolute Gasteiger partial charge is 0.373 e. The number of sulfonamides is 1. The predicted octanol–water partition coefficient (Wildman–Crippen LogP) is 1.76. The first-order valence-corrected chi connectivity index (χ1v) is 7.35. The van der Waals surface area contributed by atoms with Gasteiger partial charge in [-0.3, -0.25) is 0 Å². The fourth-order valence-electron chi connectivity index (χ4n) is 2.15. The van der Waals surface area contributed by atoms with Gasteiger partial charge >= 0.3 is 0 Å². The molecule has 0 N–H and O–H groups in total. The van der Waals surface area contributed by atoms with Gasteiger partial charge in [0, 0.05) is 19.2 Å². The molecule has 1 aliphatic heterocycles. The van der Waals surface area contributed by atoms with E-state index < -0.39 is 26.6 Å². The maximum atomic E-state index is 13.6. The van der Waals surface area contributed by atoms with Crippen LogP contribution >= 0.6 is 0 Å². The van der Waals surface area contributed by atoms with E-state index in [1.165, 1.54) is 4.31 Å². The molecule has 0 saturated carbocycles. The molecule has 2 atom stereocenters. The molecule has 0 aromatic heterocycles. The van der Waals surface area contributed by atoms with Crippen molar-refractivity contribution in [3.05, 3.63) is 29.8 Å². The van der Waals surface area contributed by atoms with Crippen LogP contribution in [0.2, 0.25) is 0 Å². The fourth-order valence-corrected chi connectivity index (χ4v) is 3.79. The van der Waals surface area contributed by atoms with Gasteiger partial charge in [0.2, 0.25) is 10.0 Å². The van der Waals surface area contributed by atoms with Crippen molar-refractivity contribution in [2.24, 2.45) is 0 Å². The molecule has 0 radical (unpaired) electrons. The van der Waals surface area contributed by atoms with Gasteiger partial charge in [0.05, 0.1) is 12.2 Å². The van der Waals surface area contributed by atoms with Crippen molar-refractivity contribution in [1.29, 1.82) is 0 Å². The summed E-state index contributed by atoms with van der Waals surface area (Å²) in [5.74, 6) is -1.88. The molecule has 7 heteroatoms. The summed E-state index contributed by atoms with van der Waals surface area (Å²) in [6.07, 6.45) is -0.524. The van der Waals surface area contributed by atoms with E-state index in [2.05, 4.69) is 0 Å². The molecule has 0 bridgehead atoms. The van der Waals surface area contributed by atoms with Crippen molar-refractivity contribution in [3.8, 4) is 0 Å². The third-order valence-electron chi connectivity index (χ3n) is 2.90. The van der Waals surface area contributed by atoms with Gasteiger partial charge in [-0.1, -0.05) is 0 Å². The smallest absolute Gasteiger partial charge is 0.246 e. The van der Waals surface area contributed by atoms with Gasteiger partial charge in [0.1, 0.15) is 16.5 Å². The highest BCUT2D eigenvalue weighted by Crippen LogP contribution is 2.23. The molecule has 0 amide bonds. The summed E-state index contributed by atoms with van der Waals surface area (Å²) < 4.78 is 57.7. The molecular weight excluding hydrogens is 276 g/mol. The molecule has 1 saturated heterocycles. The van der Waals surface area contributed by atoms with E-state index in [9.17, 15) is 17.2 Å². The van der Waals surface area contributed by atoms with Gasteiger partial charge in [0.25, 0.3) is 0 Å². The Bertz CT molecular complexity index is 566. The van der Waals surface area contributed by atoms with E-state index in [1.54, 1.807) is 13.8 Å². The van der Waals surface area contributed by atoms with E-state index in [4.69, 9.17) is 4.74 Å². The minimum atomic E-state index is -3.96. The van der Waals surface area contributed by atoms with Crippen LogP contribution in [0.15, 0.2) is 23.1 Å². The van der Waals surface area contributed by atoms with Crippen LogP contribution in [0.4, 0.5) is 8.78 Å². The molecule has 4 nitrogen and oxygen atoms in total. The van der Waals surface area contributed by atoms with E-state index in [0.717, 1.165) is 12.1 Å². The van der Waals surface area contributed by atoms with E-state index >= 15 is 0 Å². The maximum Gasteiger partial charge on any atom is 0.246 e. The lowest BCUT2D eigenvalue weighted by atomic mass is 10.3. The summed E-state index contributed by atoms with van der Waals surface area (Å²) >= 11 is 0. The highest BCUT2D eigenvalue weighted by molar-refractivity contribution is 7.89. The van der Waals surface area contributed by atoms with Crippen LogP contribution in [-0.2, 0) is 14.8 Å².